The summed E-state index contributed by atoms with van der Waals surface area (Å²) in [5.74, 6) is 0.577. The highest BCUT2D eigenvalue weighted by atomic mass is 19.3. The Balaban J connectivity index is 1.38. The van der Waals surface area contributed by atoms with Gasteiger partial charge in [-0.15, -0.1) is 0 Å². The van der Waals surface area contributed by atoms with E-state index in [0.717, 1.165) is 49.9 Å². The fourth-order valence-corrected chi connectivity index (χ4v) is 5.60. The summed E-state index contributed by atoms with van der Waals surface area (Å²) in [4.78, 5) is 28.3. The van der Waals surface area contributed by atoms with E-state index in [9.17, 15) is 13.6 Å². The molecule has 2 saturated heterocycles. The molecule has 0 unspecified atom stereocenters. The van der Waals surface area contributed by atoms with E-state index < -0.39 is 6.43 Å². The lowest BCUT2D eigenvalue weighted by Crippen LogP contribution is -2.47. The van der Waals surface area contributed by atoms with Crippen LogP contribution in [0.4, 0.5) is 8.78 Å². The second-order valence-corrected chi connectivity index (χ2v) is 9.27. The van der Waals surface area contributed by atoms with Crippen molar-refractivity contribution in [2.24, 2.45) is 0 Å². The molecule has 1 amide bonds. The van der Waals surface area contributed by atoms with Crippen LogP contribution in [0, 0.1) is 6.92 Å². The molecule has 166 valence electrons. The molecule has 0 radical (unpaired) electrons. The third kappa shape index (κ3) is 3.17. The van der Waals surface area contributed by atoms with Crippen LogP contribution in [0.25, 0.3) is 5.78 Å². The zero-order valence-electron chi connectivity index (χ0n) is 17.8. The molecule has 7 nitrogen and oxygen atoms in total. The van der Waals surface area contributed by atoms with E-state index in [0.29, 0.717) is 17.2 Å². The summed E-state index contributed by atoms with van der Waals surface area (Å²) >= 11 is 0. The minimum Gasteiger partial charge on any atom is -0.332 e. The molecule has 3 aliphatic rings. The number of fused-ring (bicyclic) bond motifs is 3. The fourth-order valence-electron chi connectivity index (χ4n) is 5.60. The number of nitrogens with zero attached hydrogens (tertiary/aromatic N) is 6. The van der Waals surface area contributed by atoms with Gasteiger partial charge in [-0.2, -0.15) is 10.1 Å². The Kier molecular flexibility index (Phi) is 4.48. The first-order valence-corrected chi connectivity index (χ1v) is 11.3. The Morgan fingerprint density at radius 3 is 2.66 bits per heavy atom. The molecule has 0 N–H and O–H groups in total. The van der Waals surface area contributed by atoms with Crippen molar-refractivity contribution < 1.29 is 13.6 Å². The quantitative estimate of drug-likeness (QED) is 0.610. The van der Waals surface area contributed by atoms with Crippen molar-refractivity contribution in [3.63, 3.8) is 0 Å². The van der Waals surface area contributed by atoms with Crippen molar-refractivity contribution in [1.82, 2.24) is 29.5 Å². The zero-order valence-corrected chi connectivity index (χ0v) is 17.8. The first kappa shape index (κ1) is 19.7. The number of hydrogen-bond donors (Lipinski definition) is 0. The number of halogens is 2. The van der Waals surface area contributed by atoms with Crippen LogP contribution in [-0.4, -0.2) is 47.5 Å². The van der Waals surface area contributed by atoms with Gasteiger partial charge in [0.25, 0.3) is 18.1 Å². The highest BCUT2D eigenvalue weighted by Gasteiger charge is 2.46. The molecule has 0 aromatic carbocycles. The van der Waals surface area contributed by atoms with Gasteiger partial charge in [0.15, 0.2) is 0 Å². The van der Waals surface area contributed by atoms with Crippen LogP contribution in [0.2, 0.25) is 0 Å². The van der Waals surface area contributed by atoms with E-state index in [1.165, 1.54) is 12.4 Å². The minimum atomic E-state index is -2.69. The average molecular weight is 438 g/mol. The Bertz CT molecular complexity index is 1210. The Labute approximate surface area is 183 Å². The minimum absolute atomic E-state index is 0.0209. The van der Waals surface area contributed by atoms with Crippen molar-refractivity contribution in [2.75, 3.05) is 0 Å². The summed E-state index contributed by atoms with van der Waals surface area (Å²) in [6.07, 6.45) is 4.35. The molecule has 9 heteroatoms. The van der Waals surface area contributed by atoms with E-state index in [-0.39, 0.29) is 35.4 Å². The zero-order chi connectivity index (χ0) is 22.0. The first-order valence-electron chi connectivity index (χ1n) is 11.3. The maximum absolute atomic E-state index is 13.7. The summed E-state index contributed by atoms with van der Waals surface area (Å²) in [7, 11) is 0. The lowest BCUT2D eigenvalue weighted by molar-refractivity contribution is 0.0553. The van der Waals surface area contributed by atoms with E-state index in [2.05, 4.69) is 20.1 Å². The Morgan fingerprint density at radius 2 is 1.88 bits per heavy atom. The van der Waals surface area contributed by atoms with Crippen LogP contribution >= 0.6 is 0 Å². The van der Waals surface area contributed by atoms with Gasteiger partial charge in [-0.1, -0.05) is 0 Å². The monoisotopic (exact) mass is 438 g/mol. The van der Waals surface area contributed by atoms with Crippen LogP contribution in [0.3, 0.4) is 0 Å². The van der Waals surface area contributed by atoms with Crippen molar-refractivity contribution in [3.05, 3.63) is 52.9 Å². The van der Waals surface area contributed by atoms with Gasteiger partial charge in [0.05, 0.1) is 5.69 Å². The number of hydrogen-bond acceptors (Lipinski definition) is 5. The highest BCUT2D eigenvalue weighted by Crippen LogP contribution is 2.45. The fraction of sp³-hybridized carbons (Fsp3) is 0.522. The third-order valence-corrected chi connectivity index (χ3v) is 7.17. The number of rotatable bonds is 4. The SMILES string of the molecule is Cc1cc(C(=O)N2[C@H]3CC[C@@H]2[C@H](c2cc(C(F)F)nc4ncnn24)CC3)cc(C2CC2)n1. The maximum atomic E-state index is 13.7. The average Bonchev–Trinajstić information content (AvgIpc) is 3.45. The van der Waals surface area contributed by atoms with E-state index in [1.807, 2.05) is 24.0 Å². The summed E-state index contributed by atoms with van der Waals surface area (Å²) in [6.45, 7) is 1.93. The van der Waals surface area contributed by atoms with E-state index in [1.54, 1.807) is 4.52 Å². The number of pyridine rings is 1. The van der Waals surface area contributed by atoms with Crippen LogP contribution in [0.15, 0.2) is 24.5 Å². The van der Waals surface area contributed by atoms with Gasteiger partial charge in [-0.3, -0.25) is 9.78 Å². The summed E-state index contributed by atoms with van der Waals surface area (Å²) < 4.78 is 28.6. The number of aromatic nitrogens is 5. The molecule has 3 aromatic rings. The van der Waals surface area contributed by atoms with Crippen molar-refractivity contribution in [1.29, 1.82) is 0 Å². The molecule has 1 aliphatic carbocycles. The van der Waals surface area contributed by atoms with Gasteiger partial charge in [-0.25, -0.2) is 18.3 Å². The van der Waals surface area contributed by atoms with Crippen molar-refractivity contribution in [2.45, 2.75) is 75.8 Å². The largest absolute Gasteiger partial charge is 0.332 e. The molecular weight excluding hydrogens is 414 g/mol. The number of aryl methyl sites for hydroxylation is 1. The van der Waals surface area contributed by atoms with Crippen molar-refractivity contribution >= 4 is 11.7 Å². The van der Waals surface area contributed by atoms with Crippen LogP contribution in [0.5, 0.6) is 0 Å². The van der Waals surface area contributed by atoms with Gasteiger partial charge < -0.3 is 4.90 Å². The lowest BCUT2D eigenvalue weighted by atomic mass is 9.86. The number of carbonyl (C=O) groups excluding carboxylic acids is 1. The molecule has 32 heavy (non-hydrogen) atoms. The Morgan fingerprint density at radius 1 is 1.06 bits per heavy atom. The van der Waals surface area contributed by atoms with Crippen LogP contribution in [-0.2, 0) is 0 Å². The van der Waals surface area contributed by atoms with Gasteiger partial charge in [-0.05, 0) is 63.6 Å². The van der Waals surface area contributed by atoms with Gasteiger partial charge >= 0.3 is 0 Å². The highest BCUT2D eigenvalue weighted by molar-refractivity contribution is 5.95. The van der Waals surface area contributed by atoms with E-state index >= 15 is 0 Å². The topological polar surface area (TPSA) is 76.3 Å². The van der Waals surface area contributed by atoms with Gasteiger partial charge in [0, 0.05) is 40.9 Å². The van der Waals surface area contributed by atoms with Crippen LogP contribution in [0.1, 0.15) is 89.9 Å². The molecule has 2 bridgehead atoms. The van der Waals surface area contributed by atoms with Gasteiger partial charge in [0.2, 0.25) is 0 Å². The summed E-state index contributed by atoms with van der Waals surface area (Å²) in [6, 6.07) is 5.39. The molecule has 3 fully saturated rings. The standard InChI is InChI=1S/C23H24F2N6O/c1-12-8-14(9-17(28-12)13-2-3-13)22(32)30-15-4-6-16(19(30)7-5-15)20-10-18(21(24)25)29-23-26-11-27-31(20)23/h8-11,13,15-16,19,21H,2-7H2,1H3/t15-,16-,19-/m1/s1. The number of alkyl halides is 2. The van der Waals surface area contributed by atoms with Crippen molar-refractivity contribution in [3.8, 4) is 0 Å². The second-order valence-electron chi connectivity index (χ2n) is 9.27. The Hall–Kier alpha value is -2.97. The second kappa shape index (κ2) is 7.28. The molecule has 5 heterocycles. The lowest BCUT2D eigenvalue weighted by Gasteiger charge is -2.40. The van der Waals surface area contributed by atoms with Crippen LogP contribution < -0.4 is 0 Å². The number of amides is 1. The number of piperidine rings is 1. The molecule has 2 aliphatic heterocycles. The summed E-state index contributed by atoms with van der Waals surface area (Å²) in [5, 5.41) is 4.24. The molecule has 6 rings (SSSR count). The molecule has 3 aromatic heterocycles. The smallest absolute Gasteiger partial charge is 0.280 e. The predicted octanol–water partition coefficient (Wildman–Crippen LogP) is 4.19. The predicted molar refractivity (Wildman–Crippen MR) is 112 cm³/mol. The summed E-state index contributed by atoms with van der Waals surface area (Å²) in [5.41, 5.74) is 2.92. The number of carbonyl (C=O) groups is 1. The normalized spacial score (nSPS) is 25.1. The molecule has 3 atom stereocenters. The first-order chi connectivity index (χ1) is 15.5. The molecule has 1 saturated carbocycles. The maximum Gasteiger partial charge on any atom is 0.280 e. The third-order valence-electron chi connectivity index (χ3n) is 7.17. The van der Waals surface area contributed by atoms with Gasteiger partial charge in [0.1, 0.15) is 12.0 Å². The van der Waals surface area contributed by atoms with E-state index in [4.69, 9.17) is 0 Å². The molecule has 0 spiro atoms. The molecular formula is C23H24F2N6O.